The molecule has 0 heterocycles. The molecule has 0 spiro atoms. The zero-order chi connectivity index (χ0) is 23.4. The van der Waals surface area contributed by atoms with Crippen molar-refractivity contribution < 1.29 is 19.1 Å². The summed E-state index contributed by atoms with van der Waals surface area (Å²) in [6.07, 6.45) is 1.85. The lowest BCUT2D eigenvalue weighted by Crippen LogP contribution is -2.42. The van der Waals surface area contributed by atoms with Gasteiger partial charge < -0.3 is 14.8 Å². The van der Waals surface area contributed by atoms with Gasteiger partial charge in [-0.15, -0.1) is 0 Å². The predicted octanol–water partition coefficient (Wildman–Crippen LogP) is 5.37. The van der Waals surface area contributed by atoms with E-state index >= 15 is 0 Å². The van der Waals surface area contributed by atoms with Crippen LogP contribution in [-0.2, 0) is 20.7 Å². The van der Waals surface area contributed by atoms with Crippen LogP contribution in [0.5, 0.6) is 0 Å². The summed E-state index contributed by atoms with van der Waals surface area (Å²) in [5.74, 6) is -1.09. The molecular weight excluding hydrogens is 416 g/mol. The van der Waals surface area contributed by atoms with E-state index in [2.05, 4.69) is 11.9 Å². The van der Waals surface area contributed by atoms with Crippen molar-refractivity contribution in [2.45, 2.75) is 58.6 Å². The molecule has 0 aliphatic rings. The Morgan fingerprint density at radius 2 is 1.94 bits per heavy atom. The minimum Gasteiger partial charge on any atom is -0.466 e. The molecule has 1 amide bonds. The Morgan fingerprint density at radius 3 is 2.45 bits per heavy atom. The third kappa shape index (κ3) is 10.2. The molecule has 0 radical (unpaired) electrons. The van der Waals surface area contributed by atoms with Crippen molar-refractivity contribution >= 4 is 29.2 Å². The number of halogens is 1. The van der Waals surface area contributed by atoms with E-state index in [0.717, 1.165) is 16.7 Å². The second kappa shape index (κ2) is 12.8. The largest absolute Gasteiger partial charge is 0.466 e. The smallest absolute Gasteiger partial charge is 0.407 e. The van der Waals surface area contributed by atoms with E-state index in [4.69, 9.17) is 26.3 Å². The van der Waals surface area contributed by atoms with Crippen molar-refractivity contribution in [2.75, 3.05) is 6.61 Å². The topological polar surface area (TPSA) is 88.4 Å². The number of amides is 1. The molecule has 2 atom stereocenters. The molecule has 0 saturated carbocycles. The number of allylic oxidation sites excluding steroid dienone is 2. The first-order valence-corrected chi connectivity index (χ1v) is 10.6. The van der Waals surface area contributed by atoms with Crippen LogP contribution >= 0.6 is 11.6 Å². The number of nitrogens with zero attached hydrogens (tertiary/aromatic N) is 1. The van der Waals surface area contributed by atoms with Gasteiger partial charge in [-0.3, -0.25) is 4.79 Å². The molecule has 0 fully saturated rings. The maximum Gasteiger partial charge on any atom is 0.407 e. The van der Waals surface area contributed by atoms with Crippen LogP contribution in [0.25, 0.3) is 5.57 Å². The Labute approximate surface area is 189 Å². The van der Waals surface area contributed by atoms with E-state index in [-0.39, 0.29) is 19.4 Å². The number of hydrogen-bond acceptors (Lipinski definition) is 5. The van der Waals surface area contributed by atoms with Gasteiger partial charge in [0.15, 0.2) is 0 Å². The number of nitriles is 1. The van der Waals surface area contributed by atoms with Crippen molar-refractivity contribution in [3.8, 4) is 6.07 Å². The molecule has 0 aliphatic carbocycles. The summed E-state index contributed by atoms with van der Waals surface area (Å²) in [6.45, 7) is 11.2. The second-order valence-electron chi connectivity index (χ2n) is 8.11. The molecule has 0 saturated heterocycles. The third-order valence-corrected chi connectivity index (χ3v) is 4.44. The van der Waals surface area contributed by atoms with Crippen LogP contribution in [0.1, 0.15) is 51.7 Å². The van der Waals surface area contributed by atoms with Gasteiger partial charge in [-0.25, -0.2) is 4.79 Å². The van der Waals surface area contributed by atoms with Crippen molar-refractivity contribution in [2.24, 2.45) is 5.92 Å². The Morgan fingerprint density at radius 1 is 1.29 bits per heavy atom. The molecule has 31 heavy (non-hydrogen) atoms. The van der Waals surface area contributed by atoms with E-state index in [1.54, 1.807) is 33.8 Å². The lowest BCUT2D eigenvalue weighted by Gasteiger charge is -2.25. The van der Waals surface area contributed by atoms with Crippen molar-refractivity contribution in [3.05, 3.63) is 53.6 Å². The van der Waals surface area contributed by atoms with Gasteiger partial charge in [0, 0.05) is 18.0 Å². The first kappa shape index (κ1) is 26.3. The van der Waals surface area contributed by atoms with Crippen LogP contribution < -0.4 is 5.32 Å². The summed E-state index contributed by atoms with van der Waals surface area (Å²) >= 11 is 5.61. The van der Waals surface area contributed by atoms with E-state index in [0.29, 0.717) is 6.42 Å². The van der Waals surface area contributed by atoms with Gasteiger partial charge in [0.25, 0.3) is 0 Å². The van der Waals surface area contributed by atoms with Gasteiger partial charge in [-0.2, -0.15) is 5.26 Å². The number of alkyl carbamates (subject to hydrolysis) is 1. The highest BCUT2D eigenvalue weighted by atomic mass is 35.5. The highest BCUT2D eigenvalue weighted by Crippen LogP contribution is 2.20. The first-order valence-electron chi connectivity index (χ1n) is 10.2. The van der Waals surface area contributed by atoms with Crippen molar-refractivity contribution in [1.82, 2.24) is 5.32 Å². The maximum atomic E-state index is 12.4. The number of benzene rings is 1. The number of nitrogens with one attached hydrogen (secondary N) is 1. The summed E-state index contributed by atoms with van der Waals surface area (Å²) in [7, 11) is 0. The van der Waals surface area contributed by atoms with E-state index in [1.807, 2.05) is 30.3 Å². The normalized spacial score (nSPS) is 13.2. The monoisotopic (exact) mass is 446 g/mol. The van der Waals surface area contributed by atoms with Crippen LogP contribution in [0.4, 0.5) is 4.79 Å². The Hall–Kier alpha value is -2.78. The molecule has 0 aliphatic heterocycles. The molecular formula is C24H31ClN2O4. The summed E-state index contributed by atoms with van der Waals surface area (Å²) in [5.41, 5.74) is 3.40. The van der Waals surface area contributed by atoms with E-state index in [9.17, 15) is 9.59 Å². The summed E-state index contributed by atoms with van der Waals surface area (Å²) in [6, 6.07) is 9.29. The molecule has 1 aromatic carbocycles. The summed E-state index contributed by atoms with van der Waals surface area (Å²) < 4.78 is 10.5. The molecule has 168 valence electrons. The van der Waals surface area contributed by atoms with E-state index in [1.165, 1.54) is 5.54 Å². The fourth-order valence-corrected chi connectivity index (χ4v) is 3.11. The molecule has 1 rings (SSSR count). The summed E-state index contributed by atoms with van der Waals surface area (Å²) in [4.78, 5) is 24.6. The average Bonchev–Trinajstić information content (AvgIpc) is 2.67. The standard InChI is InChI=1S/C24H31ClN2O4/c1-6-30-22(28)20(12-14-26)16-21(27-23(29)31-24(3,4)5)15-18-7-9-19(10-8-18)17(2)11-13-25/h7-11,13,20-21H,2,6,12,15-16H2,1,3-5H3,(H,27,29)/b13-11+/t20-,21-/m1/s1. The van der Waals surface area contributed by atoms with Crippen LogP contribution in [0.15, 0.2) is 42.5 Å². The minimum atomic E-state index is -0.653. The highest BCUT2D eigenvalue weighted by Gasteiger charge is 2.27. The molecule has 0 aromatic heterocycles. The van der Waals surface area contributed by atoms with Gasteiger partial charge in [0.2, 0.25) is 0 Å². The zero-order valence-corrected chi connectivity index (χ0v) is 19.4. The number of rotatable bonds is 10. The van der Waals surface area contributed by atoms with Crippen molar-refractivity contribution in [1.29, 1.82) is 5.26 Å². The fourth-order valence-electron chi connectivity index (χ4n) is 2.96. The average molecular weight is 447 g/mol. The molecule has 1 aromatic rings. The van der Waals surface area contributed by atoms with Crippen LogP contribution in [0.3, 0.4) is 0 Å². The minimum absolute atomic E-state index is 0.00878. The molecule has 0 bridgehead atoms. The maximum absolute atomic E-state index is 12.4. The first-order chi connectivity index (χ1) is 14.6. The fraction of sp³-hybridized carbons (Fsp3) is 0.458. The van der Waals surface area contributed by atoms with Crippen LogP contribution in [0, 0.1) is 17.2 Å². The van der Waals surface area contributed by atoms with Crippen LogP contribution in [-0.4, -0.2) is 30.3 Å². The second-order valence-corrected chi connectivity index (χ2v) is 8.36. The number of hydrogen-bond donors (Lipinski definition) is 1. The number of carbonyl (C=O) groups excluding carboxylic acids is 2. The molecule has 1 N–H and O–H groups in total. The van der Waals surface area contributed by atoms with Gasteiger partial charge in [-0.05, 0) is 63.3 Å². The lowest BCUT2D eigenvalue weighted by molar-refractivity contribution is -0.148. The summed E-state index contributed by atoms with van der Waals surface area (Å²) in [5, 5.41) is 12.0. The third-order valence-electron chi connectivity index (χ3n) is 4.32. The highest BCUT2D eigenvalue weighted by molar-refractivity contribution is 6.26. The SMILES string of the molecule is C=C(/C=C/Cl)c1ccc(C[C@H](C[C@@H](CC#N)C(=O)OCC)NC(=O)OC(C)(C)C)cc1. The number of esters is 1. The molecule has 0 unspecified atom stereocenters. The Balaban J connectivity index is 3.03. The zero-order valence-electron chi connectivity index (χ0n) is 18.6. The Kier molecular flexibility index (Phi) is 10.8. The Bertz CT molecular complexity index is 819. The van der Waals surface area contributed by atoms with Crippen molar-refractivity contribution in [3.63, 3.8) is 0 Å². The number of ether oxygens (including phenoxy) is 2. The van der Waals surface area contributed by atoms with Crippen LogP contribution in [0.2, 0.25) is 0 Å². The quantitative estimate of drug-likeness (QED) is 0.385. The van der Waals surface area contributed by atoms with Gasteiger partial charge >= 0.3 is 12.1 Å². The van der Waals surface area contributed by atoms with Gasteiger partial charge in [0.05, 0.1) is 18.6 Å². The van der Waals surface area contributed by atoms with Gasteiger partial charge in [0.1, 0.15) is 5.60 Å². The van der Waals surface area contributed by atoms with E-state index < -0.39 is 29.6 Å². The molecule has 6 nitrogen and oxygen atoms in total. The lowest BCUT2D eigenvalue weighted by atomic mass is 9.92. The predicted molar refractivity (Wildman–Crippen MR) is 122 cm³/mol. The molecule has 7 heteroatoms. The van der Waals surface area contributed by atoms with Gasteiger partial charge in [-0.1, -0.05) is 42.4 Å². The number of carbonyl (C=O) groups is 2.